The molecule has 0 aliphatic carbocycles. The van der Waals surface area contributed by atoms with E-state index in [0.717, 1.165) is 22.4 Å². The normalized spacial score (nSPS) is 18.0. The number of carbonyl (C=O) groups is 4. The van der Waals surface area contributed by atoms with Gasteiger partial charge in [-0.1, -0.05) is 65.7 Å². The van der Waals surface area contributed by atoms with Crippen LogP contribution in [0.3, 0.4) is 0 Å². The van der Waals surface area contributed by atoms with Gasteiger partial charge in [0.25, 0.3) is 11.8 Å². The van der Waals surface area contributed by atoms with Crippen molar-refractivity contribution in [2.24, 2.45) is 0 Å². The van der Waals surface area contributed by atoms with Crippen LogP contribution in [-0.4, -0.2) is 65.8 Å². The number of carboxylic acid groups (broad SMARTS) is 2. The van der Waals surface area contributed by atoms with Crippen molar-refractivity contribution >= 4 is 47.0 Å². The number of hydrogen-bond donors (Lipinski definition) is 2. The number of likely N-dealkylation sites (tertiary alicyclic amines) is 2. The Morgan fingerprint density at radius 1 is 0.548 bits per heavy atom. The minimum absolute atomic E-state index is 0.315. The lowest BCUT2D eigenvalue weighted by Crippen LogP contribution is -2.41. The predicted octanol–water partition coefficient (Wildman–Crippen LogP) is 9.49. The van der Waals surface area contributed by atoms with Crippen LogP contribution in [0.4, 0.5) is 0 Å². The van der Waals surface area contributed by atoms with Crippen LogP contribution in [0.15, 0.2) is 146 Å². The maximum atomic E-state index is 13.3. The molecule has 12 nitrogen and oxygen atoms in total. The number of benzene rings is 4. The molecule has 0 bridgehead atoms. The minimum atomic E-state index is -1.02. The molecule has 2 N–H and O–H groups in total. The summed E-state index contributed by atoms with van der Waals surface area (Å²) in [6, 6.07) is 34.7. The maximum absolute atomic E-state index is 13.3. The van der Waals surface area contributed by atoms with Crippen molar-refractivity contribution in [2.75, 3.05) is 0 Å². The van der Waals surface area contributed by atoms with Crippen molar-refractivity contribution in [1.29, 1.82) is 0 Å². The number of carboxylic acids is 2. The number of aromatic nitrogens is 2. The van der Waals surface area contributed by atoms with Crippen molar-refractivity contribution in [3.63, 3.8) is 0 Å². The fourth-order valence-electron chi connectivity index (χ4n) is 7.75. The van der Waals surface area contributed by atoms with Gasteiger partial charge in [0, 0.05) is 39.8 Å². The van der Waals surface area contributed by atoms with Gasteiger partial charge in [0.2, 0.25) is 0 Å². The van der Waals surface area contributed by atoms with Crippen LogP contribution in [0, 0.1) is 0 Å². The average Bonchev–Trinajstić information content (AvgIpc) is 3.95. The molecule has 0 radical (unpaired) electrons. The third-order valence-electron chi connectivity index (χ3n) is 10.8. The van der Waals surface area contributed by atoms with Gasteiger partial charge >= 0.3 is 11.9 Å². The molecule has 0 saturated carbocycles. The predicted molar refractivity (Wildman–Crippen MR) is 232 cm³/mol. The molecule has 14 heteroatoms. The Balaban J connectivity index is 0.000000186. The number of hydrogen-bond acceptors (Lipinski definition) is 8. The zero-order chi connectivity index (χ0) is 43.6. The number of rotatable bonds is 12. The van der Waals surface area contributed by atoms with Crippen molar-refractivity contribution in [3.8, 4) is 11.5 Å². The zero-order valence-corrected chi connectivity index (χ0v) is 34.8. The lowest BCUT2D eigenvalue weighted by molar-refractivity contribution is -0.142. The van der Waals surface area contributed by atoms with Gasteiger partial charge in [0.1, 0.15) is 36.8 Å². The molecule has 6 aromatic rings. The summed E-state index contributed by atoms with van der Waals surface area (Å²) in [5.74, 6) is -1.49. The molecule has 2 amide bonds. The van der Waals surface area contributed by atoms with E-state index in [4.69, 9.17) is 32.7 Å². The number of aliphatic carboxylic acids is 2. The molecule has 2 aromatic heterocycles. The van der Waals surface area contributed by atoms with Gasteiger partial charge in [-0.2, -0.15) is 0 Å². The summed E-state index contributed by atoms with van der Waals surface area (Å²) in [4.78, 5) is 61.4. The third kappa shape index (κ3) is 10.2. The van der Waals surface area contributed by atoms with E-state index in [1.165, 1.54) is 9.80 Å². The highest BCUT2D eigenvalue weighted by Crippen LogP contribution is 2.41. The summed E-state index contributed by atoms with van der Waals surface area (Å²) in [6.07, 6.45) is 6.93. The molecule has 2 aliphatic rings. The van der Waals surface area contributed by atoms with Crippen LogP contribution in [0.25, 0.3) is 0 Å². The van der Waals surface area contributed by atoms with Crippen molar-refractivity contribution in [1.82, 2.24) is 19.8 Å². The summed E-state index contributed by atoms with van der Waals surface area (Å²) < 4.78 is 11.5. The van der Waals surface area contributed by atoms with Gasteiger partial charge in [-0.05, 0) is 127 Å². The SMILES string of the molecule is O=C(O)[C@@H]1CC[C@H](c2ccccc2Cl)N1C(=O)c1ccc(OCc2ccccn2)cc1.O=C(O)[C@@H]1CC[C@H](c2ccccc2Cl)N1C(=O)c1ccc(OCc2ccncc2)cc1. The first kappa shape index (κ1) is 43.3. The second-order valence-electron chi connectivity index (χ2n) is 14.7. The van der Waals surface area contributed by atoms with E-state index >= 15 is 0 Å². The molecular formula is C48H42Cl2N4O8. The Bertz CT molecular complexity index is 2320. The summed E-state index contributed by atoms with van der Waals surface area (Å²) in [6.45, 7) is 0.702. The zero-order valence-electron chi connectivity index (χ0n) is 33.3. The van der Waals surface area contributed by atoms with Crippen molar-refractivity contribution in [3.05, 3.63) is 190 Å². The molecule has 2 aliphatic heterocycles. The third-order valence-corrected chi connectivity index (χ3v) is 11.5. The van der Waals surface area contributed by atoms with E-state index in [1.54, 1.807) is 79.3 Å². The van der Waals surface area contributed by atoms with E-state index in [0.29, 0.717) is 71.6 Å². The highest BCUT2D eigenvalue weighted by atomic mass is 35.5. The lowest BCUT2D eigenvalue weighted by Gasteiger charge is -2.29. The van der Waals surface area contributed by atoms with E-state index in [-0.39, 0.29) is 23.9 Å². The molecule has 2 fully saturated rings. The average molecular weight is 874 g/mol. The highest BCUT2D eigenvalue weighted by molar-refractivity contribution is 6.31. The Morgan fingerprint density at radius 3 is 1.44 bits per heavy atom. The summed E-state index contributed by atoms with van der Waals surface area (Å²) in [5, 5.41) is 20.4. The summed E-state index contributed by atoms with van der Waals surface area (Å²) in [5.41, 5.74) is 4.11. The van der Waals surface area contributed by atoms with Crippen LogP contribution >= 0.6 is 23.2 Å². The second-order valence-corrected chi connectivity index (χ2v) is 15.5. The molecule has 4 aromatic carbocycles. The minimum Gasteiger partial charge on any atom is -0.489 e. The van der Waals surface area contributed by atoms with Crippen LogP contribution in [0.5, 0.6) is 11.5 Å². The number of nitrogens with zero attached hydrogens (tertiary/aromatic N) is 4. The standard InChI is InChI=1S/2C24H21ClN2O4/c25-20-7-2-1-6-19(20)21-12-13-22(24(29)30)27(21)23(28)16-8-10-18(11-9-16)31-15-17-5-3-4-14-26-17;25-20-4-2-1-3-19(20)21-9-10-22(24(29)30)27(21)23(28)17-5-7-18(8-6-17)31-15-16-11-13-26-14-12-16/h1-11,14,21-22H,12-13,15H2,(H,29,30);1-8,11-14,21-22H,9-10,15H2,(H,29,30)/t2*21-,22+/m11/s1. The van der Waals surface area contributed by atoms with E-state index in [2.05, 4.69) is 9.97 Å². The van der Waals surface area contributed by atoms with E-state index < -0.39 is 24.0 Å². The molecule has 2 saturated heterocycles. The van der Waals surface area contributed by atoms with Crippen LogP contribution < -0.4 is 9.47 Å². The molecule has 316 valence electrons. The first-order valence-electron chi connectivity index (χ1n) is 19.9. The fraction of sp³-hybridized carbons (Fsp3) is 0.208. The Hall–Kier alpha value is -6.76. The highest BCUT2D eigenvalue weighted by Gasteiger charge is 2.44. The number of carbonyl (C=O) groups excluding carboxylic acids is 2. The molecule has 8 rings (SSSR count). The Morgan fingerprint density at radius 2 is 1.00 bits per heavy atom. The topological polar surface area (TPSA) is 159 Å². The van der Waals surface area contributed by atoms with Crippen molar-refractivity contribution < 1.29 is 38.9 Å². The smallest absolute Gasteiger partial charge is 0.326 e. The van der Waals surface area contributed by atoms with E-state index in [1.807, 2.05) is 66.7 Å². The number of pyridine rings is 2. The molecular weight excluding hydrogens is 831 g/mol. The molecule has 62 heavy (non-hydrogen) atoms. The Labute approximate surface area is 368 Å². The van der Waals surface area contributed by atoms with Gasteiger partial charge in [-0.15, -0.1) is 0 Å². The van der Waals surface area contributed by atoms with Gasteiger partial charge in [-0.25, -0.2) is 9.59 Å². The first-order chi connectivity index (χ1) is 30.1. The Kier molecular flexibility index (Phi) is 14.1. The molecule has 0 unspecified atom stereocenters. The monoisotopic (exact) mass is 872 g/mol. The fourth-order valence-corrected chi connectivity index (χ4v) is 8.27. The quantitative estimate of drug-likeness (QED) is 0.121. The number of halogens is 2. The van der Waals surface area contributed by atoms with Crippen LogP contribution in [0.2, 0.25) is 10.0 Å². The molecule has 4 atom stereocenters. The van der Waals surface area contributed by atoms with Gasteiger partial charge in [-0.3, -0.25) is 19.6 Å². The summed E-state index contributed by atoms with van der Waals surface area (Å²) in [7, 11) is 0. The first-order valence-corrected chi connectivity index (χ1v) is 20.7. The molecule has 4 heterocycles. The maximum Gasteiger partial charge on any atom is 0.326 e. The molecule has 0 spiro atoms. The van der Waals surface area contributed by atoms with Crippen LogP contribution in [0.1, 0.15) is 80.9 Å². The van der Waals surface area contributed by atoms with Gasteiger partial charge in [0.15, 0.2) is 0 Å². The van der Waals surface area contributed by atoms with E-state index in [9.17, 15) is 29.4 Å². The number of amides is 2. The lowest BCUT2D eigenvalue weighted by atomic mass is 10.0. The van der Waals surface area contributed by atoms with Crippen molar-refractivity contribution in [2.45, 2.75) is 63.1 Å². The summed E-state index contributed by atoms with van der Waals surface area (Å²) >= 11 is 12.7. The second kappa shape index (κ2) is 20.2. The number of ether oxygens (including phenoxy) is 2. The van der Waals surface area contributed by atoms with Crippen LogP contribution in [-0.2, 0) is 22.8 Å². The van der Waals surface area contributed by atoms with Gasteiger partial charge < -0.3 is 29.5 Å². The van der Waals surface area contributed by atoms with Gasteiger partial charge in [0.05, 0.1) is 17.8 Å². The largest absolute Gasteiger partial charge is 0.489 e.